The third-order valence-electron chi connectivity index (χ3n) is 4.49. The van der Waals surface area contributed by atoms with Crippen LogP contribution in [0.2, 0.25) is 0 Å². The number of carbonyl (C=O) groups is 1. The predicted octanol–water partition coefficient (Wildman–Crippen LogP) is 2.08. The summed E-state index contributed by atoms with van der Waals surface area (Å²) in [5, 5.41) is 0. The first-order valence-corrected chi connectivity index (χ1v) is 8.07. The molecule has 1 saturated heterocycles. The van der Waals surface area contributed by atoms with E-state index in [0.717, 1.165) is 62.3 Å². The van der Waals surface area contributed by atoms with Crippen molar-refractivity contribution in [3.63, 3.8) is 0 Å². The largest absolute Gasteiger partial charge is 0.353 e. The Kier molecular flexibility index (Phi) is 3.41. The van der Waals surface area contributed by atoms with Gasteiger partial charge in [0, 0.05) is 32.1 Å². The molecule has 1 aromatic heterocycles. The van der Waals surface area contributed by atoms with Crippen molar-refractivity contribution in [1.82, 2.24) is 14.9 Å². The van der Waals surface area contributed by atoms with Gasteiger partial charge in [-0.3, -0.25) is 9.78 Å². The summed E-state index contributed by atoms with van der Waals surface area (Å²) in [5.74, 6) is 1.58. The first-order valence-electron chi connectivity index (χ1n) is 8.07. The van der Waals surface area contributed by atoms with Crippen molar-refractivity contribution in [2.45, 2.75) is 19.3 Å². The molecule has 5 heteroatoms. The van der Waals surface area contributed by atoms with Gasteiger partial charge >= 0.3 is 0 Å². The number of aromatic nitrogens is 2. The van der Waals surface area contributed by atoms with Gasteiger partial charge in [-0.25, -0.2) is 4.98 Å². The van der Waals surface area contributed by atoms with E-state index in [4.69, 9.17) is 4.98 Å². The van der Waals surface area contributed by atoms with Gasteiger partial charge in [-0.05, 0) is 31.4 Å². The number of hydrogen-bond acceptors (Lipinski definition) is 4. The second kappa shape index (κ2) is 5.55. The van der Waals surface area contributed by atoms with Gasteiger partial charge in [0.05, 0.1) is 17.2 Å². The minimum Gasteiger partial charge on any atom is -0.353 e. The molecule has 1 saturated carbocycles. The molecule has 0 spiro atoms. The number of carbonyl (C=O) groups excluding carboxylic acids is 1. The molecule has 0 atom stereocenters. The molecule has 1 aliphatic carbocycles. The van der Waals surface area contributed by atoms with E-state index in [9.17, 15) is 4.79 Å². The Labute approximate surface area is 130 Å². The Hall–Kier alpha value is -2.17. The fourth-order valence-corrected chi connectivity index (χ4v) is 3.06. The fourth-order valence-electron chi connectivity index (χ4n) is 3.06. The van der Waals surface area contributed by atoms with E-state index in [-0.39, 0.29) is 0 Å². The molecular weight excluding hydrogens is 276 g/mol. The Morgan fingerprint density at radius 3 is 2.68 bits per heavy atom. The van der Waals surface area contributed by atoms with Crippen molar-refractivity contribution in [2.75, 3.05) is 31.1 Å². The third kappa shape index (κ3) is 2.63. The van der Waals surface area contributed by atoms with Crippen molar-refractivity contribution in [1.29, 1.82) is 0 Å². The molecular formula is C17H20N4O. The van der Waals surface area contributed by atoms with Crippen molar-refractivity contribution in [3.05, 3.63) is 30.5 Å². The molecule has 0 bridgehead atoms. The monoisotopic (exact) mass is 296 g/mol. The smallest absolute Gasteiger partial charge is 0.225 e. The molecule has 5 nitrogen and oxygen atoms in total. The minimum absolute atomic E-state index is 0.312. The average molecular weight is 296 g/mol. The van der Waals surface area contributed by atoms with Gasteiger partial charge in [0.25, 0.3) is 0 Å². The van der Waals surface area contributed by atoms with Gasteiger partial charge in [-0.15, -0.1) is 0 Å². The number of rotatable bonds is 2. The van der Waals surface area contributed by atoms with Gasteiger partial charge in [0.2, 0.25) is 5.91 Å². The van der Waals surface area contributed by atoms with Crippen LogP contribution in [0.1, 0.15) is 19.3 Å². The summed E-state index contributed by atoms with van der Waals surface area (Å²) in [6, 6.07) is 7.93. The number of para-hydroxylation sites is 2. The number of anilines is 1. The van der Waals surface area contributed by atoms with Crippen LogP contribution < -0.4 is 4.90 Å². The van der Waals surface area contributed by atoms with Crippen LogP contribution in [0.15, 0.2) is 30.5 Å². The zero-order valence-electron chi connectivity index (χ0n) is 12.6. The number of amides is 1. The highest BCUT2D eigenvalue weighted by molar-refractivity contribution is 5.81. The quantitative estimate of drug-likeness (QED) is 0.851. The molecule has 1 amide bonds. The Morgan fingerprint density at radius 2 is 1.86 bits per heavy atom. The lowest BCUT2D eigenvalue weighted by molar-refractivity contribution is -0.132. The van der Waals surface area contributed by atoms with E-state index >= 15 is 0 Å². The highest BCUT2D eigenvalue weighted by Gasteiger charge is 2.34. The Balaban J connectivity index is 1.50. The van der Waals surface area contributed by atoms with Crippen LogP contribution in [0.3, 0.4) is 0 Å². The summed E-state index contributed by atoms with van der Waals surface area (Å²) in [5.41, 5.74) is 1.85. The zero-order chi connectivity index (χ0) is 14.9. The normalized spacial score (nSPS) is 19.3. The van der Waals surface area contributed by atoms with Crippen LogP contribution >= 0.6 is 0 Å². The fraction of sp³-hybridized carbons (Fsp3) is 0.471. The van der Waals surface area contributed by atoms with Gasteiger partial charge in [-0.2, -0.15) is 0 Å². The van der Waals surface area contributed by atoms with Gasteiger partial charge in [-0.1, -0.05) is 12.1 Å². The maximum Gasteiger partial charge on any atom is 0.225 e. The lowest BCUT2D eigenvalue weighted by atomic mass is 10.3. The number of benzene rings is 1. The highest BCUT2D eigenvalue weighted by Crippen LogP contribution is 2.31. The summed E-state index contributed by atoms with van der Waals surface area (Å²) < 4.78 is 0. The van der Waals surface area contributed by atoms with E-state index in [2.05, 4.69) is 9.88 Å². The molecule has 2 aliphatic rings. The summed E-state index contributed by atoms with van der Waals surface area (Å²) in [4.78, 5) is 25.7. The van der Waals surface area contributed by atoms with Crippen molar-refractivity contribution < 1.29 is 4.79 Å². The van der Waals surface area contributed by atoms with Crippen molar-refractivity contribution >= 4 is 22.8 Å². The van der Waals surface area contributed by atoms with E-state index in [0.29, 0.717) is 11.8 Å². The second-order valence-electron chi connectivity index (χ2n) is 6.16. The van der Waals surface area contributed by atoms with Crippen LogP contribution in [-0.2, 0) is 4.79 Å². The van der Waals surface area contributed by atoms with E-state index < -0.39 is 0 Å². The standard InChI is InChI=1S/C17H20N4O/c22-17(13-6-7-13)21-9-3-8-20(10-11-21)16-12-18-14-4-1-2-5-15(14)19-16/h1-2,4-5,12-13H,3,6-11H2. The average Bonchev–Trinajstić information content (AvgIpc) is 3.40. The molecule has 22 heavy (non-hydrogen) atoms. The summed E-state index contributed by atoms with van der Waals surface area (Å²) in [6.45, 7) is 3.43. The van der Waals surface area contributed by atoms with Crippen LogP contribution in [0, 0.1) is 5.92 Å². The maximum absolute atomic E-state index is 12.2. The van der Waals surface area contributed by atoms with Crippen molar-refractivity contribution in [3.8, 4) is 0 Å². The first kappa shape index (κ1) is 13.5. The van der Waals surface area contributed by atoms with Gasteiger partial charge < -0.3 is 9.80 Å². The lowest BCUT2D eigenvalue weighted by Gasteiger charge is -2.22. The molecule has 1 aliphatic heterocycles. The third-order valence-corrected chi connectivity index (χ3v) is 4.49. The molecule has 4 rings (SSSR count). The number of hydrogen-bond donors (Lipinski definition) is 0. The van der Waals surface area contributed by atoms with Crippen LogP contribution in [0.4, 0.5) is 5.82 Å². The minimum atomic E-state index is 0.312. The molecule has 2 heterocycles. The second-order valence-corrected chi connectivity index (χ2v) is 6.16. The summed E-state index contributed by atoms with van der Waals surface area (Å²) >= 11 is 0. The lowest BCUT2D eigenvalue weighted by Crippen LogP contribution is -2.36. The van der Waals surface area contributed by atoms with Crippen molar-refractivity contribution in [2.24, 2.45) is 5.92 Å². The Morgan fingerprint density at radius 1 is 1.05 bits per heavy atom. The predicted molar refractivity (Wildman–Crippen MR) is 85.7 cm³/mol. The summed E-state index contributed by atoms with van der Waals surface area (Å²) in [6.07, 6.45) is 5.00. The van der Waals surface area contributed by atoms with Crippen LogP contribution in [0.5, 0.6) is 0 Å². The van der Waals surface area contributed by atoms with Gasteiger partial charge in [0.15, 0.2) is 0 Å². The molecule has 0 unspecified atom stereocenters. The molecule has 0 radical (unpaired) electrons. The SMILES string of the molecule is O=C(C1CC1)N1CCCN(c2cnc3ccccc3n2)CC1. The maximum atomic E-state index is 12.2. The Bertz CT molecular complexity index is 698. The zero-order valence-corrected chi connectivity index (χ0v) is 12.6. The topological polar surface area (TPSA) is 49.3 Å². The number of nitrogens with zero attached hydrogens (tertiary/aromatic N) is 4. The molecule has 2 fully saturated rings. The van der Waals surface area contributed by atoms with Crippen LogP contribution in [-0.4, -0.2) is 47.0 Å². The molecule has 2 aromatic rings. The number of fused-ring (bicyclic) bond motifs is 1. The van der Waals surface area contributed by atoms with E-state index in [1.165, 1.54) is 0 Å². The molecule has 114 valence electrons. The van der Waals surface area contributed by atoms with E-state index in [1.54, 1.807) is 0 Å². The van der Waals surface area contributed by atoms with E-state index in [1.807, 2.05) is 35.4 Å². The van der Waals surface area contributed by atoms with Gasteiger partial charge in [0.1, 0.15) is 5.82 Å². The van der Waals surface area contributed by atoms with Crippen LogP contribution in [0.25, 0.3) is 11.0 Å². The summed E-state index contributed by atoms with van der Waals surface area (Å²) in [7, 11) is 0. The highest BCUT2D eigenvalue weighted by atomic mass is 16.2. The molecule has 1 aromatic carbocycles. The first-order chi connectivity index (χ1) is 10.8. The molecule has 0 N–H and O–H groups in total.